The normalized spacial score (nSPS) is 29.8. The molecule has 0 aromatic carbocycles. The maximum atomic E-state index is 6.59. The standard InChI is InChI=1S/C14H24N2S/c1-10(2)12-5-4-6-14(15,7-12)8-13-9-17-11(3)16-13/h9-10,12H,4-8,15H2,1-3H3. The van der Waals surface area contributed by atoms with Gasteiger partial charge in [-0.2, -0.15) is 0 Å². The van der Waals surface area contributed by atoms with Crippen LogP contribution in [0.5, 0.6) is 0 Å². The lowest BCUT2D eigenvalue weighted by Crippen LogP contribution is -2.47. The number of nitrogens with two attached hydrogens (primary N) is 1. The summed E-state index contributed by atoms with van der Waals surface area (Å²) in [6.07, 6.45) is 5.92. The van der Waals surface area contributed by atoms with Crippen molar-refractivity contribution in [3.8, 4) is 0 Å². The molecule has 17 heavy (non-hydrogen) atoms. The molecular weight excluding hydrogens is 228 g/mol. The molecule has 0 bridgehead atoms. The number of rotatable bonds is 3. The summed E-state index contributed by atoms with van der Waals surface area (Å²) in [5, 5.41) is 3.32. The van der Waals surface area contributed by atoms with Crippen LogP contribution in [0.4, 0.5) is 0 Å². The van der Waals surface area contributed by atoms with E-state index in [0.29, 0.717) is 0 Å². The summed E-state index contributed by atoms with van der Waals surface area (Å²) < 4.78 is 0. The van der Waals surface area contributed by atoms with Crippen LogP contribution in [0.25, 0.3) is 0 Å². The van der Waals surface area contributed by atoms with Gasteiger partial charge in [-0.3, -0.25) is 0 Å². The molecule has 2 nitrogen and oxygen atoms in total. The van der Waals surface area contributed by atoms with Crippen molar-refractivity contribution < 1.29 is 0 Å². The van der Waals surface area contributed by atoms with Gasteiger partial charge in [0, 0.05) is 17.3 Å². The molecule has 3 heteroatoms. The Morgan fingerprint density at radius 3 is 2.94 bits per heavy atom. The summed E-state index contributed by atoms with van der Waals surface area (Å²) in [4.78, 5) is 4.56. The number of thiazole rings is 1. The van der Waals surface area contributed by atoms with E-state index in [-0.39, 0.29) is 5.54 Å². The van der Waals surface area contributed by atoms with E-state index in [1.165, 1.54) is 25.0 Å². The second kappa shape index (κ2) is 5.07. The maximum absolute atomic E-state index is 6.59. The highest BCUT2D eigenvalue weighted by Gasteiger charge is 2.34. The van der Waals surface area contributed by atoms with Gasteiger partial charge in [0.05, 0.1) is 10.7 Å². The lowest BCUT2D eigenvalue weighted by Gasteiger charge is -2.39. The zero-order valence-corrected chi connectivity index (χ0v) is 12.0. The molecule has 0 saturated heterocycles. The molecule has 1 aromatic heterocycles. The van der Waals surface area contributed by atoms with Gasteiger partial charge < -0.3 is 5.73 Å². The molecular formula is C14H24N2S. The molecule has 0 radical (unpaired) electrons. The average molecular weight is 252 g/mol. The minimum atomic E-state index is -0.00625. The topological polar surface area (TPSA) is 38.9 Å². The summed E-state index contributed by atoms with van der Waals surface area (Å²) in [7, 11) is 0. The summed E-state index contributed by atoms with van der Waals surface area (Å²) in [5.41, 5.74) is 7.78. The smallest absolute Gasteiger partial charge is 0.0897 e. The molecule has 1 fully saturated rings. The third kappa shape index (κ3) is 3.29. The summed E-state index contributed by atoms with van der Waals surface area (Å²) >= 11 is 1.73. The van der Waals surface area contributed by atoms with E-state index in [1.54, 1.807) is 11.3 Å². The average Bonchev–Trinajstić information content (AvgIpc) is 2.63. The molecule has 2 rings (SSSR count). The third-order valence-electron chi connectivity index (χ3n) is 4.06. The Bertz CT molecular complexity index is 372. The van der Waals surface area contributed by atoms with Crippen molar-refractivity contribution in [1.82, 2.24) is 4.98 Å². The van der Waals surface area contributed by atoms with Crippen molar-refractivity contribution in [2.75, 3.05) is 0 Å². The van der Waals surface area contributed by atoms with E-state index in [4.69, 9.17) is 5.73 Å². The molecule has 1 saturated carbocycles. The molecule has 0 amide bonds. The quantitative estimate of drug-likeness (QED) is 0.893. The van der Waals surface area contributed by atoms with Gasteiger partial charge in [0.2, 0.25) is 0 Å². The van der Waals surface area contributed by atoms with Gasteiger partial charge in [-0.25, -0.2) is 4.98 Å². The van der Waals surface area contributed by atoms with Gasteiger partial charge in [0.1, 0.15) is 0 Å². The van der Waals surface area contributed by atoms with Crippen LogP contribution in [0.3, 0.4) is 0 Å². The van der Waals surface area contributed by atoms with Gasteiger partial charge in [0.25, 0.3) is 0 Å². The monoisotopic (exact) mass is 252 g/mol. The predicted molar refractivity (Wildman–Crippen MR) is 74.3 cm³/mol. The van der Waals surface area contributed by atoms with Crippen LogP contribution in [0.1, 0.15) is 50.2 Å². The summed E-state index contributed by atoms with van der Waals surface area (Å²) in [6, 6.07) is 0. The minimum absolute atomic E-state index is 0.00625. The van der Waals surface area contributed by atoms with Crippen molar-refractivity contribution in [1.29, 1.82) is 0 Å². The Morgan fingerprint density at radius 2 is 2.35 bits per heavy atom. The first-order chi connectivity index (χ1) is 7.98. The molecule has 1 heterocycles. The maximum Gasteiger partial charge on any atom is 0.0897 e. The van der Waals surface area contributed by atoms with Crippen LogP contribution in [0.2, 0.25) is 0 Å². The van der Waals surface area contributed by atoms with Crippen molar-refractivity contribution >= 4 is 11.3 Å². The van der Waals surface area contributed by atoms with Gasteiger partial charge in [0.15, 0.2) is 0 Å². The lowest BCUT2D eigenvalue weighted by molar-refractivity contribution is 0.182. The van der Waals surface area contributed by atoms with E-state index in [1.807, 2.05) is 0 Å². The molecule has 1 aromatic rings. The fourth-order valence-electron chi connectivity index (χ4n) is 3.02. The van der Waals surface area contributed by atoms with Crippen LogP contribution in [-0.2, 0) is 6.42 Å². The fourth-order valence-corrected chi connectivity index (χ4v) is 3.63. The highest BCUT2D eigenvalue weighted by Crippen LogP contribution is 2.36. The van der Waals surface area contributed by atoms with Crippen molar-refractivity contribution in [2.24, 2.45) is 17.6 Å². The number of aryl methyl sites for hydroxylation is 1. The van der Waals surface area contributed by atoms with Crippen molar-refractivity contribution in [3.05, 3.63) is 16.1 Å². The van der Waals surface area contributed by atoms with Crippen LogP contribution in [0.15, 0.2) is 5.38 Å². The molecule has 0 aliphatic heterocycles. The molecule has 96 valence electrons. The highest BCUT2D eigenvalue weighted by atomic mass is 32.1. The van der Waals surface area contributed by atoms with E-state index in [9.17, 15) is 0 Å². The Labute approximate surface area is 109 Å². The number of nitrogens with zero attached hydrogens (tertiary/aromatic N) is 1. The Kier molecular flexibility index (Phi) is 3.88. The predicted octanol–water partition coefficient (Wildman–Crippen LogP) is 3.54. The van der Waals surface area contributed by atoms with Crippen molar-refractivity contribution in [3.63, 3.8) is 0 Å². The molecule has 1 aliphatic rings. The van der Waals surface area contributed by atoms with Crippen LogP contribution in [-0.4, -0.2) is 10.5 Å². The SMILES string of the molecule is Cc1nc(CC2(N)CCCC(C(C)C)C2)cs1. The number of hydrogen-bond donors (Lipinski definition) is 1. The van der Waals surface area contributed by atoms with Crippen LogP contribution < -0.4 is 5.73 Å². The number of hydrogen-bond acceptors (Lipinski definition) is 3. The Hall–Kier alpha value is -0.410. The molecule has 0 spiro atoms. The van der Waals surface area contributed by atoms with Crippen LogP contribution >= 0.6 is 11.3 Å². The summed E-state index contributed by atoms with van der Waals surface area (Å²) in [6.45, 7) is 6.71. The van der Waals surface area contributed by atoms with Gasteiger partial charge in [-0.05, 0) is 31.6 Å². The van der Waals surface area contributed by atoms with Gasteiger partial charge >= 0.3 is 0 Å². The van der Waals surface area contributed by atoms with E-state index in [2.05, 4.69) is 31.1 Å². The molecule has 2 N–H and O–H groups in total. The van der Waals surface area contributed by atoms with Crippen molar-refractivity contribution in [2.45, 2.75) is 58.4 Å². The Morgan fingerprint density at radius 1 is 1.59 bits per heavy atom. The minimum Gasteiger partial charge on any atom is -0.325 e. The van der Waals surface area contributed by atoms with Gasteiger partial charge in [-0.15, -0.1) is 11.3 Å². The Balaban J connectivity index is 2.03. The first-order valence-electron chi connectivity index (χ1n) is 6.68. The number of aromatic nitrogens is 1. The first kappa shape index (κ1) is 13.0. The lowest BCUT2D eigenvalue weighted by atomic mass is 9.70. The van der Waals surface area contributed by atoms with Crippen LogP contribution in [0, 0.1) is 18.8 Å². The second-order valence-electron chi connectivity index (χ2n) is 6.00. The zero-order chi connectivity index (χ0) is 12.5. The van der Waals surface area contributed by atoms with E-state index in [0.717, 1.165) is 29.7 Å². The second-order valence-corrected chi connectivity index (χ2v) is 7.06. The molecule has 2 unspecified atom stereocenters. The van der Waals surface area contributed by atoms with E-state index >= 15 is 0 Å². The first-order valence-corrected chi connectivity index (χ1v) is 7.56. The molecule has 1 aliphatic carbocycles. The summed E-state index contributed by atoms with van der Waals surface area (Å²) in [5.74, 6) is 1.56. The zero-order valence-electron chi connectivity index (χ0n) is 11.2. The van der Waals surface area contributed by atoms with E-state index < -0.39 is 0 Å². The highest BCUT2D eigenvalue weighted by molar-refractivity contribution is 7.09. The molecule has 2 atom stereocenters. The third-order valence-corrected chi connectivity index (χ3v) is 4.88. The fraction of sp³-hybridized carbons (Fsp3) is 0.786. The largest absolute Gasteiger partial charge is 0.325 e. The van der Waals surface area contributed by atoms with Gasteiger partial charge in [-0.1, -0.05) is 26.7 Å².